The summed E-state index contributed by atoms with van der Waals surface area (Å²) in [6, 6.07) is 10.8. The number of carbonyl (C=O) groups is 1. The number of H-pyrrole nitrogens is 1. The average molecular weight is 287 g/mol. The highest BCUT2D eigenvalue weighted by molar-refractivity contribution is 5.81. The van der Waals surface area contributed by atoms with Crippen LogP contribution in [-0.4, -0.2) is 30.3 Å². The smallest absolute Gasteiger partial charge is 0.277 e. The van der Waals surface area contributed by atoms with Crippen LogP contribution in [0, 0.1) is 0 Å². The van der Waals surface area contributed by atoms with Gasteiger partial charge in [-0.2, -0.15) is 5.10 Å². The zero-order valence-corrected chi connectivity index (χ0v) is 11.7. The third-order valence-corrected chi connectivity index (χ3v) is 2.52. The van der Waals surface area contributed by atoms with Crippen molar-refractivity contribution < 1.29 is 14.3 Å². The van der Waals surface area contributed by atoms with Crippen LogP contribution in [0.15, 0.2) is 47.7 Å². The fourth-order valence-corrected chi connectivity index (χ4v) is 1.58. The zero-order chi connectivity index (χ0) is 14.9. The molecule has 0 atom stereocenters. The fourth-order valence-electron chi connectivity index (χ4n) is 1.58. The van der Waals surface area contributed by atoms with Crippen LogP contribution in [0.5, 0.6) is 11.5 Å². The summed E-state index contributed by atoms with van der Waals surface area (Å²) in [5.41, 5.74) is 3.19. The Balaban J connectivity index is 1.73. The minimum Gasteiger partial charge on any atom is -0.494 e. The quantitative estimate of drug-likeness (QED) is 0.603. The first-order chi connectivity index (χ1) is 10.3. The minimum atomic E-state index is -0.327. The normalized spacial score (nSPS) is 10.5. The lowest BCUT2D eigenvalue weighted by Crippen LogP contribution is -2.24. The highest BCUT2D eigenvalue weighted by Crippen LogP contribution is 2.17. The van der Waals surface area contributed by atoms with E-state index in [1.54, 1.807) is 30.5 Å². The second-order valence-corrected chi connectivity index (χ2v) is 4.11. The van der Waals surface area contributed by atoms with Gasteiger partial charge in [-0.15, -0.1) is 0 Å². The van der Waals surface area contributed by atoms with Gasteiger partial charge in [0.25, 0.3) is 5.91 Å². The summed E-state index contributed by atoms with van der Waals surface area (Å²) in [6.45, 7) is 2.43. The monoisotopic (exact) mass is 287 g/mol. The number of nitrogens with one attached hydrogen (secondary N) is 2. The number of aromatic amines is 1. The molecule has 0 spiro atoms. The van der Waals surface area contributed by atoms with E-state index in [2.05, 4.69) is 15.5 Å². The van der Waals surface area contributed by atoms with Crippen LogP contribution in [0.2, 0.25) is 0 Å². The summed E-state index contributed by atoms with van der Waals surface area (Å²) < 4.78 is 10.7. The summed E-state index contributed by atoms with van der Waals surface area (Å²) in [7, 11) is 0. The molecule has 0 aliphatic rings. The zero-order valence-electron chi connectivity index (χ0n) is 11.7. The number of aromatic nitrogens is 1. The molecule has 2 rings (SSSR count). The van der Waals surface area contributed by atoms with Crippen molar-refractivity contribution in [3.63, 3.8) is 0 Å². The summed E-state index contributed by atoms with van der Waals surface area (Å²) in [4.78, 5) is 14.5. The molecule has 0 aliphatic heterocycles. The Morgan fingerprint density at radius 3 is 2.57 bits per heavy atom. The Morgan fingerprint density at radius 1 is 1.24 bits per heavy atom. The van der Waals surface area contributed by atoms with E-state index >= 15 is 0 Å². The molecule has 0 fully saturated rings. The minimum absolute atomic E-state index is 0.101. The summed E-state index contributed by atoms with van der Waals surface area (Å²) >= 11 is 0. The molecule has 0 bridgehead atoms. The Bertz CT molecular complexity index is 577. The Morgan fingerprint density at radius 2 is 1.95 bits per heavy atom. The lowest BCUT2D eigenvalue weighted by atomic mass is 10.3. The van der Waals surface area contributed by atoms with Crippen molar-refractivity contribution >= 4 is 12.1 Å². The Labute approximate surface area is 122 Å². The van der Waals surface area contributed by atoms with E-state index in [4.69, 9.17) is 9.47 Å². The van der Waals surface area contributed by atoms with Crippen LogP contribution in [0.1, 0.15) is 12.6 Å². The molecule has 2 N–H and O–H groups in total. The maximum absolute atomic E-state index is 11.5. The number of hydrogen-bond donors (Lipinski definition) is 2. The second-order valence-electron chi connectivity index (χ2n) is 4.11. The molecule has 0 saturated carbocycles. The first-order valence-corrected chi connectivity index (χ1v) is 6.59. The van der Waals surface area contributed by atoms with Crippen LogP contribution >= 0.6 is 0 Å². The first kappa shape index (κ1) is 14.6. The molecule has 1 heterocycles. The van der Waals surface area contributed by atoms with Gasteiger partial charge in [-0.25, -0.2) is 5.43 Å². The number of hydrogen-bond acceptors (Lipinski definition) is 4. The van der Waals surface area contributed by atoms with E-state index in [-0.39, 0.29) is 12.5 Å². The van der Waals surface area contributed by atoms with Crippen LogP contribution in [0.3, 0.4) is 0 Å². The van der Waals surface area contributed by atoms with Crippen molar-refractivity contribution in [1.82, 2.24) is 10.4 Å². The van der Waals surface area contributed by atoms with Crippen LogP contribution < -0.4 is 14.9 Å². The largest absolute Gasteiger partial charge is 0.494 e. The molecule has 0 saturated heterocycles. The van der Waals surface area contributed by atoms with Crippen LogP contribution in [0.4, 0.5) is 0 Å². The fraction of sp³-hybridized carbons (Fsp3) is 0.200. The lowest BCUT2D eigenvalue weighted by molar-refractivity contribution is -0.123. The molecule has 21 heavy (non-hydrogen) atoms. The van der Waals surface area contributed by atoms with Crippen molar-refractivity contribution in [2.75, 3.05) is 13.2 Å². The van der Waals surface area contributed by atoms with Crippen LogP contribution in [-0.2, 0) is 4.79 Å². The lowest BCUT2D eigenvalue weighted by Gasteiger charge is -2.06. The van der Waals surface area contributed by atoms with Gasteiger partial charge in [0.1, 0.15) is 11.5 Å². The predicted octanol–water partition coefficient (Wildman–Crippen LogP) is 1.94. The molecule has 110 valence electrons. The van der Waals surface area contributed by atoms with E-state index in [1.807, 2.05) is 19.1 Å². The standard InChI is InChI=1S/C15H17N3O3/c1-2-20-13-5-7-14(8-6-13)21-11-15(19)18-17-10-12-4-3-9-16-12/h3-10,16H,2,11H2,1H3,(H,18,19)/b17-10-. The molecule has 1 aromatic heterocycles. The van der Waals surface area contributed by atoms with E-state index < -0.39 is 0 Å². The second kappa shape index (κ2) is 7.74. The van der Waals surface area contributed by atoms with Crippen LogP contribution in [0.25, 0.3) is 0 Å². The summed E-state index contributed by atoms with van der Waals surface area (Å²) in [5.74, 6) is 1.04. The van der Waals surface area contributed by atoms with Crippen molar-refractivity contribution in [2.24, 2.45) is 5.10 Å². The first-order valence-electron chi connectivity index (χ1n) is 6.59. The topological polar surface area (TPSA) is 75.7 Å². The van der Waals surface area contributed by atoms with Gasteiger partial charge in [-0.1, -0.05) is 0 Å². The highest BCUT2D eigenvalue weighted by Gasteiger charge is 2.01. The van der Waals surface area contributed by atoms with E-state index in [0.29, 0.717) is 12.4 Å². The number of hydrazone groups is 1. The van der Waals surface area contributed by atoms with Crippen molar-refractivity contribution in [1.29, 1.82) is 0 Å². The molecular formula is C15H17N3O3. The Hall–Kier alpha value is -2.76. The maximum Gasteiger partial charge on any atom is 0.277 e. The van der Waals surface area contributed by atoms with Crippen molar-refractivity contribution in [2.45, 2.75) is 6.92 Å². The molecule has 6 heteroatoms. The van der Waals surface area contributed by atoms with Gasteiger partial charge < -0.3 is 14.5 Å². The molecule has 1 aromatic carbocycles. The third-order valence-electron chi connectivity index (χ3n) is 2.52. The van der Waals surface area contributed by atoms with Gasteiger partial charge >= 0.3 is 0 Å². The number of ether oxygens (including phenoxy) is 2. The van der Waals surface area contributed by atoms with Gasteiger partial charge in [0.2, 0.25) is 0 Å². The number of rotatable bonds is 7. The third kappa shape index (κ3) is 5.02. The number of nitrogens with zero attached hydrogens (tertiary/aromatic N) is 1. The number of amides is 1. The number of benzene rings is 1. The van der Waals surface area contributed by atoms with Gasteiger partial charge in [0, 0.05) is 6.20 Å². The van der Waals surface area contributed by atoms with Crippen molar-refractivity contribution in [3.8, 4) is 11.5 Å². The molecule has 0 radical (unpaired) electrons. The van der Waals surface area contributed by atoms with E-state index in [9.17, 15) is 4.79 Å². The molecule has 2 aromatic rings. The van der Waals surface area contributed by atoms with Gasteiger partial charge in [0.05, 0.1) is 18.5 Å². The molecule has 1 amide bonds. The molecule has 0 unspecified atom stereocenters. The summed E-state index contributed by atoms with van der Waals surface area (Å²) in [5, 5.41) is 3.81. The SMILES string of the molecule is CCOc1ccc(OCC(=O)N/N=C\c2ccc[nH]2)cc1. The van der Waals surface area contributed by atoms with E-state index in [1.165, 1.54) is 6.21 Å². The average Bonchev–Trinajstić information content (AvgIpc) is 3.00. The molecule has 0 aliphatic carbocycles. The number of carbonyl (C=O) groups excluding carboxylic acids is 1. The molecular weight excluding hydrogens is 270 g/mol. The van der Waals surface area contributed by atoms with Gasteiger partial charge in [0.15, 0.2) is 6.61 Å². The predicted molar refractivity (Wildman–Crippen MR) is 79.6 cm³/mol. The Kier molecular flexibility index (Phi) is 5.40. The highest BCUT2D eigenvalue weighted by atomic mass is 16.5. The molecule has 6 nitrogen and oxygen atoms in total. The van der Waals surface area contributed by atoms with E-state index in [0.717, 1.165) is 11.4 Å². The van der Waals surface area contributed by atoms with Gasteiger partial charge in [-0.3, -0.25) is 4.79 Å². The van der Waals surface area contributed by atoms with Gasteiger partial charge in [-0.05, 0) is 43.3 Å². The van der Waals surface area contributed by atoms with Crippen molar-refractivity contribution in [3.05, 3.63) is 48.3 Å². The maximum atomic E-state index is 11.5. The summed E-state index contributed by atoms with van der Waals surface area (Å²) in [6.07, 6.45) is 3.30.